The fraction of sp³-hybridized carbons (Fsp3) is 0.440. The fourth-order valence-electron chi connectivity index (χ4n) is 3.93. The van der Waals surface area contributed by atoms with Crippen molar-refractivity contribution >= 4 is 32.6 Å². The Morgan fingerprint density at radius 3 is 2.41 bits per heavy atom. The van der Waals surface area contributed by atoms with Gasteiger partial charge in [-0.1, -0.05) is 23.5 Å². The van der Waals surface area contributed by atoms with Crippen LogP contribution in [0.1, 0.15) is 35.3 Å². The van der Waals surface area contributed by atoms with E-state index in [1.807, 2.05) is 38.1 Å². The second-order valence-electron chi connectivity index (χ2n) is 8.65. The number of hydrogen-bond donors (Lipinski definition) is 1. The van der Waals surface area contributed by atoms with Crippen LogP contribution in [-0.2, 0) is 0 Å². The lowest BCUT2D eigenvalue weighted by molar-refractivity contribution is 0.0947. The molecule has 0 unspecified atom stereocenters. The highest BCUT2D eigenvalue weighted by Gasteiger charge is 2.20. The van der Waals surface area contributed by atoms with Gasteiger partial charge in [0.1, 0.15) is 5.75 Å². The summed E-state index contributed by atoms with van der Waals surface area (Å²) in [5, 5.41) is 4.15. The average molecular weight is 453 g/mol. The number of benzene rings is 2. The van der Waals surface area contributed by atoms with E-state index in [9.17, 15) is 4.79 Å². The van der Waals surface area contributed by atoms with E-state index in [-0.39, 0.29) is 12.0 Å². The number of anilines is 1. The zero-order chi connectivity index (χ0) is 22.7. The summed E-state index contributed by atoms with van der Waals surface area (Å²) in [6.07, 6.45) is 0.123. The molecule has 1 amide bonds. The second-order valence-corrected chi connectivity index (χ2v) is 9.63. The number of amides is 1. The van der Waals surface area contributed by atoms with E-state index in [1.165, 1.54) is 15.8 Å². The topological polar surface area (TPSA) is 57.7 Å². The van der Waals surface area contributed by atoms with Crippen LogP contribution in [0.5, 0.6) is 5.75 Å². The van der Waals surface area contributed by atoms with Crippen molar-refractivity contribution in [3.63, 3.8) is 0 Å². The second kappa shape index (κ2) is 9.88. The highest BCUT2D eigenvalue weighted by Crippen LogP contribution is 2.33. The molecule has 2 heterocycles. The number of rotatable bonds is 7. The molecule has 1 aliphatic heterocycles. The van der Waals surface area contributed by atoms with Crippen LogP contribution < -0.4 is 15.0 Å². The van der Waals surface area contributed by atoms with Crippen molar-refractivity contribution in [2.24, 2.45) is 0 Å². The first-order chi connectivity index (χ1) is 15.4. The predicted molar refractivity (Wildman–Crippen MR) is 132 cm³/mol. The van der Waals surface area contributed by atoms with Crippen molar-refractivity contribution in [1.82, 2.24) is 15.2 Å². The predicted octanol–water partition coefficient (Wildman–Crippen LogP) is 4.25. The van der Waals surface area contributed by atoms with Gasteiger partial charge in [0.25, 0.3) is 5.91 Å². The van der Waals surface area contributed by atoms with Gasteiger partial charge >= 0.3 is 0 Å². The molecule has 0 radical (unpaired) electrons. The highest BCUT2D eigenvalue weighted by molar-refractivity contribution is 7.22. The monoisotopic (exact) mass is 452 g/mol. The molecule has 1 aliphatic rings. The number of nitrogens with one attached hydrogen (secondary N) is 1. The van der Waals surface area contributed by atoms with Crippen molar-refractivity contribution in [3.8, 4) is 5.75 Å². The summed E-state index contributed by atoms with van der Waals surface area (Å²) in [7, 11) is 0. The maximum Gasteiger partial charge on any atom is 0.251 e. The normalized spacial score (nSPS) is 14.8. The number of fused-ring (bicyclic) bond motifs is 1. The van der Waals surface area contributed by atoms with Crippen LogP contribution in [0, 0.1) is 13.8 Å². The number of nitrogens with zero attached hydrogens (tertiary/aromatic N) is 3. The molecule has 0 atom stereocenters. The number of carbonyl (C=O) groups excluding carboxylic acids is 1. The van der Waals surface area contributed by atoms with E-state index < -0.39 is 0 Å². The Morgan fingerprint density at radius 1 is 1.06 bits per heavy atom. The van der Waals surface area contributed by atoms with Crippen LogP contribution in [0.3, 0.4) is 0 Å². The summed E-state index contributed by atoms with van der Waals surface area (Å²) >= 11 is 1.80. The first-order valence-corrected chi connectivity index (χ1v) is 12.1. The van der Waals surface area contributed by atoms with Gasteiger partial charge in [-0.15, -0.1) is 0 Å². The Balaban J connectivity index is 1.24. The first-order valence-electron chi connectivity index (χ1n) is 11.3. The molecular formula is C25H32N4O2S. The van der Waals surface area contributed by atoms with Gasteiger partial charge in [-0.2, -0.15) is 0 Å². The molecule has 1 aromatic heterocycles. The van der Waals surface area contributed by atoms with Crippen molar-refractivity contribution in [2.75, 3.05) is 44.2 Å². The van der Waals surface area contributed by atoms with Crippen LogP contribution in [0.15, 0.2) is 36.4 Å². The van der Waals surface area contributed by atoms with Gasteiger partial charge in [0, 0.05) is 44.8 Å². The SMILES string of the molecule is Cc1ccc(C)c2sc(N3CCN(CCNC(=O)c4ccc(OC(C)C)cc4)CC3)nc12. The minimum Gasteiger partial charge on any atom is -0.491 e. The van der Waals surface area contributed by atoms with E-state index in [2.05, 4.69) is 41.1 Å². The molecule has 3 aromatic rings. The lowest BCUT2D eigenvalue weighted by Gasteiger charge is -2.34. The molecule has 1 saturated heterocycles. The summed E-state index contributed by atoms with van der Waals surface area (Å²) in [6, 6.07) is 11.7. The summed E-state index contributed by atoms with van der Waals surface area (Å²) in [5.41, 5.74) is 4.33. The Morgan fingerprint density at radius 2 is 1.75 bits per heavy atom. The van der Waals surface area contributed by atoms with Gasteiger partial charge in [-0.25, -0.2) is 4.98 Å². The minimum absolute atomic E-state index is 0.0417. The van der Waals surface area contributed by atoms with Crippen molar-refractivity contribution in [3.05, 3.63) is 53.1 Å². The quantitative estimate of drug-likeness (QED) is 0.581. The Bertz CT molecular complexity index is 1030. The number of aromatic nitrogens is 1. The molecule has 32 heavy (non-hydrogen) atoms. The van der Waals surface area contributed by atoms with Gasteiger partial charge in [0.2, 0.25) is 0 Å². The Hall–Kier alpha value is -2.64. The molecule has 1 N–H and O–H groups in total. The van der Waals surface area contributed by atoms with Crippen LogP contribution in [0.25, 0.3) is 10.2 Å². The standard InChI is InChI=1S/C25H32N4O2S/c1-17(2)31-21-9-7-20(8-10-21)24(30)26-11-12-28-13-15-29(16-14-28)25-27-22-18(3)5-6-19(4)23(22)32-25/h5-10,17H,11-16H2,1-4H3,(H,26,30). The van der Waals surface area contributed by atoms with E-state index in [0.717, 1.165) is 49.1 Å². The van der Waals surface area contributed by atoms with Crippen molar-refractivity contribution in [2.45, 2.75) is 33.8 Å². The molecule has 0 aliphatic carbocycles. The lowest BCUT2D eigenvalue weighted by atomic mass is 10.1. The molecule has 0 saturated carbocycles. The zero-order valence-corrected chi connectivity index (χ0v) is 20.2. The van der Waals surface area contributed by atoms with Gasteiger partial charge in [0.05, 0.1) is 16.3 Å². The molecule has 6 nitrogen and oxygen atoms in total. The number of ether oxygens (including phenoxy) is 1. The third-order valence-electron chi connectivity index (χ3n) is 5.78. The number of hydrogen-bond acceptors (Lipinski definition) is 6. The maximum atomic E-state index is 12.4. The third-order valence-corrected chi connectivity index (χ3v) is 7.03. The number of carbonyl (C=O) groups is 1. The van der Waals surface area contributed by atoms with Crippen LogP contribution >= 0.6 is 11.3 Å². The van der Waals surface area contributed by atoms with Gasteiger partial charge in [-0.3, -0.25) is 9.69 Å². The maximum absolute atomic E-state index is 12.4. The van der Waals surface area contributed by atoms with Crippen molar-refractivity contribution < 1.29 is 9.53 Å². The number of piperazine rings is 1. The molecule has 2 aromatic carbocycles. The largest absolute Gasteiger partial charge is 0.491 e. The Kier molecular flexibility index (Phi) is 6.96. The average Bonchev–Trinajstić information content (AvgIpc) is 3.24. The number of aryl methyl sites for hydroxylation is 2. The van der Waals surface area contributed by atoms with Crippen LogP contribution in [0.4, 0.5) is 5.13 Å². The minimum atomic E-state index is -0.0417. The molecule has 7 heteroatoms. The van der Waals surface area contributed by atoms with E-state index in [1.54, 1.807) is 11.3 Å². The molecule has 1 fully saturated rings. The molecule has 170 valence electrons. The molecule has 4 rings (SSSR count). The van der Waals surface area contributed by atoms with Gasteiger partial charge in [-0.05, 0) is 63.1 Å². The summed E-state index contributed by atoms with van der Waals surface area (Å²) < 4.78 is 6.93. The van der Waals surface area contributed by atoms with Crippen molar-refractivity contribution in [1.29, 1.82) is 0 Å². The fourth-order valence-corrected chi connectivity index (χ4v) is 5.10. The number of thiazole rings is 1. The first kappa shape index (κ1) is 22.6. The van der Waals surface area contributed by atoms with Gasteiger partial charge < -0.3 is 15.0 Å². The van der Waals surface area contributed by atoms with E-state index >= 15 is 0 Å². The Labute approximate surface area is 194 Å². The van der Waals surface area contributed by atoms with Gasteiger partial charge in [0.15, 0.2) is 5.13 Å². The lowest BCUT2D eigenvalue weighted by Crippen LogP contribution is -2.48. The smallest absolute Gasteiger partial charge is 0.251 e. The van der Waals surface area contributed by atoms with E-state index in [4.69, 9.17) is 9.72 Å². The molecular weight excluding hydrogens is 420 g/mol. The molecule has 0 bridgehead atoms. The zero-order valence-electron chi connectivity index (χ0n) is 19.4. The van der Waals surface area contributed by atoms with Crippen LogP contribution in [0.2, 0.25) is 0 Å². The molecule has 0 spiro atoms. The summed E-state index contributed by atoms with van der Waals surface area (Å²) in [6.45, 7) is 13.6. The highest BCUT2D eigenvalue weighted by atomic mass is 32.1. The summed E-state index contributed by atoms with van der Waals surface area (Å²) in [5.74, 6) is 0.743. The third kappa shape index (κ3) is 5.22. The van der Waals surface area contributed by atoms with E-state index in [0.29, 0.717) is 12.1 Å². The van der Waals surface area contributed by atoms with Crippen LogP contribution in [-0.4, -0.2) is 61.2 Å². The summed E-state index contributed by atoms with van der Waals surface area (Å²) in [4.78, 5) is 22.1.